The summed E-state index contributed by atoms with van der Waals surface area (Å²) in [6.07, 6.45) is 6.81. The van der Waals surface area contributed by atoms with Gasteiger partial charge in [0.1, 0.15) is 5.82 Å². The van der Waals surface area contributed by atoms with Crippen LogP contribution in [-0.4, -0.2) is 51.0 Å². The number of carbonyl (C=O) groups is 2. The van der Waals surface area contributed by atoms with E-state index in [1.54, 1.807) is 12.4 Å². The van der Waals surface area contributed by atoms with Gasteiger partial charge in [0.15, 0.2) is 0 Å². The number of hydrogen-bond acceptors (Lipinski definition) is 7. The Morgan fingerprint density at radius 3 is 2.74 bits per heavy atom. The van der Waals surface area contributed by atoms with Crippen molar-refractivity contribution in [2.24, 2.45) is 0 Å². The molecule has 1 aliphatic heterocycles. The number of halogens is 2. The maximum Gasteiger partial charge on any atom is 0.267 e. The molecule has 2 amide bonds. The maximum absolute atomic E-state index is 11.2. The third-order valence-electron chi connectivity index (χ3n) is 4.47. The molecule has 0 unspecified atom stereocenters. The van der Waals surface area contributed by atoms with Gasteiger partial charge in [-0.2, -0.15) is 0 Å². The molecule has 168 valence electrons. The minimum Gasteiger partial charge on any atom is -0.365 e. The predicted molar refractivity (Wildman–Crippen MR) is 124 cm³/mol. The molecule has 0 saturated carbocycles. The molecule has 0 aliphatic carbocycles. The molecule has 0 bridgehead atoms. The average molecular weight is 469 g/mol. The lowest BCUT2D eigenvalue weighted by molar-refractivity contribution is -0.124. The van der Waals surface area contributed by atoms with Crippen LogP contribution >= 0.6 is 24.8 Å². The van der Waals surface area contributed by atoms with Gasteiger partial charge < -0.3 is 10.6 Å². The van der Waals surface area contributed by atoms with Gasteiger partial charge in [0.2, 0.25) is 5.91 Å². The van der Waals surface area contributed by atoms with E-state index >= 15 is 0 Å². The summed E-state index contributed by atoms with van der Waals surface area (Å²) in [6, 6.07) is 8.15. The van der Waals surface area contributed by atoms with Gasteiger partial charge in [-0.05, 0) is 30.2 Å². The van der Waals surface area contributed by atoms with Crippen LogP contribution in [0.2, 0.25) is 0 Å². The highest BCUT2D eigenvalue weighted by atomic mass is 35.5. The number of hydrogen-bond donors (Lipinski definition) is 4. The van der Waals surface area contributed by atoms with Crippen molar-refractivity contribution < 1.29 is 14.8 Å². The summed E-state index contributed by atoms with van der Waals surface area (Å²) < 4.78 is 0. The molecular formula is C20H26Cl2N6O3. The summed E-state index contributed by atoms with van der Waals surface area (Å²) in [7, 11) is 0. The molecule has 1 aromatic carbocycles. The zero-order chi connectivity index (χ0) is 20.6. The molecule has 1 aliphatic rings. The molecule has 1 fully saturated rings. The third kappa shape index (κ3) is 8.50. The first-order valence-electron chi connectivity index (χ1n) is 9.31. The Balaban J connectivity index is 0.00000240. The van der Waals surface area contributed by atoms with Gasteiger partial charge in [-0.25, -0.2) is 10.5 Å². The number of amides is 2. The number of benzene rings is 1. The molecule has 11 heteroatoms. The Labute approximate surface area is 193 Å². The molecule has 2 heterocycles. The van der Waals surface area contributed by atoms with Crippen molar-refractivity contribution in [1.82, 2.24) is 20.3 Å². The molecule has 1 atom stereocenters. The Morgan fingerprint density at radius 1 is 1.26 bits per heavy atom. The number of rotatable bonds is 7. The van der Waals surface area contributed by atoms with Crippen molar-refractivity contribution in [2.45, 2.75) is 25.9 Å². The quantitative estimate of drug-likeness (QED) is 0.280. The van der Waals surface area contributed by atoms with E-state index in [1.807, 2.05) is 18.2 Å². The first-order chi connectivity index (χ1) is 14.0. The number of likely N-dealkylation sites (tertiary alicyclic amines) is 1. The first kappa shape index (κ1) is 26.3. The van der Waals surface area contributed by atoms with E-state index in [4.69, 9.17) is 5.21 Å². The fourth-order valence-electron chi connectivity index (χ4n) is 3.21. The molecule has 3 rings (SSSR count). The number of hydroxylamine groups is 1. The Hall–Kier alpha value is -2.72. The molecule has 1 aromatic heterocycles. The lowest BCUT2D eigenvalue weighted by Crippen LogP contribution is -2.26. The second-order valence-electron chi connectivity index (χ2n) is 6.88. The second kappa shape index (κ2) is 12.9. The van der Waals surface area contributed by atoms with Crippen LogP contribution in [-0.2, 0) is 16.1 Å². The summed E-state index contributed by atoms with van der Waals surface area (Å²) >= 11 is 0. The van der Waals surface area contributed by atoms with Crippen molar-refractivity contribution in [3.8, 4) is 0 Å². The van der Waals surface area contributed by atoms with E-state index in [0.717, 1.165) is 37.3 Å². The van der Waals surface area contributed by atoms with Crippen LogP contribution in [0.3, 0.4) is 0 Å². The molecule has 2 aromatic rings. The highest BCUT2D eigenvalue weighted by Crippen LogP contribution is 2.18. The van der Waals surface area contributed by atoms with Crippen LogP contribution in [0.5, 0.6) is 0 Å². The van der Waals surface area contributed by atoms with Crippen LogP contribution in [0.25, 0.3) is 6.08 Å². The van der Waals surface area contributed by atoms with Crippen LogP contribution in [0, 0.1) is 0 Å². The average Bonchev–Trinajstić information content (AvgIpc) is 3.13. The topological polar surface area (TPSA) is 119 Å². The van der Waals surface area contributed by atoms with Crippen molar-refractivity contribution in [2.75, 3.05) is 23.7 Å². The van der Waals surface area contributed by atoms with E-state index in [1.165, 1.54) is 24.6 Å². The Morgan fingerprint density at radius 2 is 2.06 bits per heavy atom. The Kier molecular flexibility index (Phi) is 10.9. The first-order valence-corrected chi connectivity index (χ1v) is 9.31. The monoisotopic (exact) mass is 468 g/mol. The predicted octanol–water partition coefficient (Wildman–Crippen LogP) is 2.48. The molecule has 0 radical (unpaired) electrons. The minimum absolute atomic E-state index is 0. The summed E-state index contributed by atoms with van der Waals surface area (Å²) in [5.74, 6) is -0.0252. The van der Waals surface area contributed by atoms with Gasteiger partial charge in [-0.3, -0.25) is 24.7 Å². The van der Waals surface area contributed by atoms with E-state index in [-0.39, 0.29) is 36.8 Å². The molecule has 1 saturated heterocycles. The number of aromatic nitrogens is 2. The Bertz CT molecular complexity index is 895. The van der Waals surface area contributed by atoms with Crippen LogP contribution in [0.1, 0.15) is 24.6 Å². The second-order valence-corrected chi connectivity index (χ2v) is 6.88. The smallest absolute Gasteiger partial charge is 0.267 e. The standard InChI is InChI=1S/C20H24N6O3.2ClH/c1-14(27)23-16-4-2-3-15(9-16)12-26-8-7-18(13-26)24-19-11-21-17(10-22-19)5-6-20(28)25-29;;/h2-6,9-11,18,29H,7-8,12-13H2,1H3,(H,22,24)(H,23,27)(H,25,28);2*1H/b6-5+;;/t18-;;/m1../s1. The zero-order valence-electron chi connectivity index (χ0n) is 16.9. The van der Waals surface area contributed by atoms with E-state index < -0.39 is 5.91 Å². The highest BCUT2D eigenvalue weighted by molar-refractivity contribution is 5.90. The van der Waals surface area contributed by atoms with Crippen molar-refractivity contribution >= 4 is 54.2 Å². The normalized spacial score (nSPS) is 15.6. The fraction of sp³-hybridized carbons (Fsp3) is 0.300. The molecular weight excluding hydrogens is 443 g/mol. The molecule has 0 spiro atoms. The lowest BCUT2D eigenvalue weighted by Gasteiger charge is -2.17. The van der Waals surface area contributed by atoms with Gasteiger partial charge in [-0.15, -0.1) is 24.8 Å². The van der Waals surface area contributed by atoms with Gasteiger partial charge in [0.25, 0.3) is 5.91 Å². The molecule has 31 heavy (non-hydrogen) atoms. The zero-order valence-corrected chi connectivity index (χ0v) is 18.6. The van der Waals surface area contributed by atoms with Crippen molar-refractivity contribution in [1.29, 1.82) is 0 Å². The largest absolute Gasteiger partial charge is 0.365 e. The van der Waals surface area contributed by atoms with Crippen LogP contribution in [0.15, 0.2) is 42.7 Å². The minimum atomic E-state index is -0.623. The van der Waals surface area contributed by atoms with E-state index in [9.17, 15) is 9.59 Å². The lowest BCUT2D eigenvalue weighted by atomic mass is 10.2. The summed E-state index contributed by atoms with van der Waals surface area (Å²) in [5, 5.41) is 14.7. The number of nitrogens with one attached hydrogen (secondary N) is 3. The van der Waals surface area contributed by atoms with Gasteiger partial charge in [0.05, 0.1) is 18.1 Å². The van der Waals surface area contributed by atoms with Gasteiger partial charge in [-0.1, -0.05) is 12.1 Å². The molecule has 9 nitrogen and oxygen atoms in total. The SMILES string of the molecule is CC(=O)Nc1cccc(CN2CC[C@@H](Nc3cnc(/C=C/C(=O)NO)cn3)C2)c1.Cl.Cl. The summed E-state index contributed by atoms with van der Waals surface area (Å²) in [5.41, 5.74) is 4.00. The number of anilines is 2. The van der Waals surface area contributed by atoms with Gasteiger partial charge >= 0.3 is 0 Å². The van der Waals surface area contributed by atoms with Crippen molar-refractivity contribution in [3.63, 3.8) is 0 Å². The van der Waals surface area contributed by atoms with Crippen LogP contribution in [0.4, 0.5) is 11.5 Å². The number of nitrogens with zero attached hydrogens (tertiary/aromatic N) is 3. The summed E-state index contributed by atoms with van der Waals surface area (Å²) in [6.45, 7) is 4.16. The van der Waals surface area contributed by atoms with E-state index in [0.29, 0.717) is 11.5 Å². The third-order valence-corrected chi connectivity index (χ3v) is 4.47. The highest BCUT2D eigenvalue weighted by Gasteiger charge is 2.22. The number of carbonyl (C=O) groups excluding carboxylic acids is 2. The summed E-state index contributed by atoms with van der Waals surface area (Å²) in [4.78, 5) is 33.1. The fourth-order valence-corrected chi connectivity index (χ4v) is 3.21. The van der Waals surface area contributed by atoms with Gasteiger partial charge in [0, 0.05) is 44.4 Å². The molecule has 4 N–H and O–H groups in total. The van der Waals surface area contributed by atoms with E-state index in [2.05, 4.69) is 31.6 Å². The maximum atomic E-state index is 11.2. The van der Waals surface area contributed by atoms with Crippen LogP contribution < -0.4 is 16.1 Å². The van der Waals surface area contributed by atoms with Crippen molar-refractivity contribution in [3.05, 3.63) is 54.0 Å².